The molecule has 30 heavy (non-hydrogen) atoms. The highest BCUT2D eigenvalue weighted by molar-refractivity contribution is 8.16. The van der Waals surface area contributed by atoms with Crippen molar-refractivity contribution in [2.45, 2.75) is 31.0 Å². The number of amides is 1. The zero-order chi connectivity index (χ0) is 20.8. The van der Waals surface area contributed by atoms with Crippen molar-refractivity contribution in [3.8, 4) is 5.75 Å². The fraction of sp³-hybridized carbons (Fsp3) is 0.304. The zero-order valence-electron chi connectivity index (χ0n) is 16.8. The number of rotatable bonds is 7. The predicted molar refractivity (Wildman–Crippen MR) is 129 cm³/mol. The molecule has 7 heteroatoms. The van der Waals surface area contributed by atoms with Crippen molar-refractivity contribution in [1.29, 1.82) is 0 Å². The molecule has 0 atom stereocenters. The first kappa shape index (κ1) is 21.3. The summed E-state index contributed by atoms with van der Waals surface area (Å²) in [6.07, 6.45) is 1.53. The van der Waals surface area contributed by atoms with E-state index >= 15 is 0 Å². The fourth-order valence-corrected chi connectivity index (χ4v) is 6.67. The van der Waals surface area contributed by atoms with Crippen LogP contribution in [0.2, 0.25) is 0 Å². The molecular weight excluding hydrogens is 432 g/mol. The molecule has 1 aliphatic rings. The number of nitrogens with one attached hydrogen (secondary N) is 1. The largest absolute Gasteiger partial charge is 0.486 e. The third kappa shape index (κ3) is 6.03. The smallest absolute Gasteiger partial charge is 0.230 e. The van der Waals surface area contributed by atoms with Crippen molar-refractivity contribution < 1.29 is 9.53 Å². The highest BCUT2D eigenvalue weighted by Crippen LogP contribution is 2.44. The summed E-state index contributed by atoms with van der Waals surface area (Å²) in [6, 6.07) is 16.2. The third-order valence-corrected chi connectivity index (χ3v) is 8.48. The van der Waals surface area contributed by atoms with Crippen LogP contribution in [0, 0.1) is 6.92 Å². The number of carbonyl (C=O) groups excluding carboxylic acids is 1. The van der Waals surface area contributed by atoms with E-state index in [1.54, 1.807) is 0 Å². The van der Waals surface area contributed by atoms with Crippen LogP contribution in [-0.2, 0) is 17.8 Å². The molecule has 0 bridgehead atoms. The number of hydrogen-bond acceptors (Lipinski definition) is 6. The molecule has 2 heterocycles. The third-order valence-electron chi connectivity index (χ3n) is 4.59. The lowest BCUT2D eigenvalue weighted by molar-refractivity contribution is -0.115. The molecule has 1 aliphatic heterocycles. The Kier molecular flexibility index (Phi) is 7.36. The molecule has 1 N–H and O–H groups in total. The first-order valence-corrected chi connectivity index (χ1v) is 12.9. The molecule has 1 aromatic heterocycles. The first-order chi connectivity index (χ1) is 14.7. The SMILES string of the molecule is Cc1ccc(OCc2nc(CC(=O)Nc3cccc(C4SCCCS4)c3)cs2)cc1. The lowest BCUT2D eigenvalue weighted by Crippen LogP contribution is -2.15. The van der Waals surface area contributed by atoms with E-state index in [2.05, 4.69) is 22.4 Å². The van der Waals surface area contributed by atoms with Crippen molar-refractivity contribution >= 4 is 46.5 Å². The quantitative estimate of drug-likeness (QED) is 0.467. The van der Waals surface area contributed by atoms with Gasteiger partial charge in [0.25, 0.3) is 0 Å². The zero-order valence-corrected chi connectivity index (χ0v) is 19.2. The van der Waals surface area contributed by atoms with Gasteiger partial charge in [-0.2, -0.15) is 0 Å². The molecule has 1 saturated heterocycles. The minimum Gasteiger partial charge on any atom is -0.486 e. The number of hydrogen-bond donors (Lipinski definition) is 1. The molecule has 0 saturated carbocycles. The predicted octanol–water partition coefficient (Wildman–Crippen LogP) is 6.08. The van der Waals surface area contributed by atoms with Crippen molar-refractivity contribution in [1.82, 2.24) is 4.98 Å². The van der Waals surface area contributed by atoms with Crippen LogP contribution in [0.4, 0.5) is 5.69 Å². The second-order valence-electron chi connectivity index (χ2n) is 7.11. The summed E-state index contributed by atoms with van der Waals surface area (Å²) in [6.45, 7) is 2.46. The van der Waals surface area contributed by atoms with Crippen molar-refractivity contribution in [3.05, 3.63) is 75.7 Å². The second kappa shape index (κ2) is 10.4. The Bertz CT molecular complexity index is 982. The van der Waals surface area contributed by atoms with Crippen LogP contribution < -0.4 is 10.1 Å². The molecule has 1 fully saturated rings. The van der Waals surface area contributed by atoms with E-state index in [0.717, 1.165) is 22.1 Å². The molecular formula is C23H24N2O2S3. The number of thiazole rings is 1. The van der Waals surface area contributed by atoms with Gasteiger partial charge in [-0.1, -0.05) is 29.8 Å². The molecule has 0 radical (unpaired) electrons. The van der Waals surface area contributed by atoms with E-state index in [1.807, 2.05) is 72.2 Å². The molecule has 1 amide bonds. The first-order valence-electron chi connectivity index (χ1n) is 9.91. The van der Waals surface area contributed by atoms with E-state index in [9.17, 15) is 4.79 Å². The van der Waals surface area contributed by atoms with Gasteiger partial charge in [-0.15, -0.1) is 34.9 Å². The molecule has 3 aromatic rings. The monoisotopic (exact) mass is 456 g/mol. The number of anilines is 1. The summed E-state index contributed by atoms with van der Waals surface area (Å²) in [5.41, 5.74) is 4.09. The highest BCUT2D eigenvalue weighted by atomic mass is 32.2. The van der Waals surface area contributed by atoms with E-state index < -0.39 is 0 Å². The Labute approximate surface area is 189 Å². The molecule has 2 aromatic carbocycles. The van der Waals surface area contributed by atoms with Gasteiger partial charge in [-0.05, 0) is 54.7 Å². The van der Waals surface area contributed by atoms with Crippen LogP contribution in [0.15, 0.2) is 53.9 Å². The van der Waals surface area contributed by atoms with Gasteiger partial charge in [0.15, 0.2) is 0 Å². The van der Waals surface area contributed by atoms with Gasteiger partial charge in [0.1, 0.15) is 17.4 Å². The Balaban J connectivity index is 1.29. The van der Waals surface area contributed by atoms with Crippen LogP contribution >= 0.6 is 34.9 Å². The topological polar surface area (TPSA) is 51.2 Å². The summed E-state index contributed by atoms with van der Waals surface area (Å²) >= 11 is 5.49. The Morgan fingerprint density at radius 3 is 2.77 bits per heavy atom. The Morgan fingerprint density at radius 1 is 1.17 bits per heavy atom. The van der Waals surface area contributed by atoms with Gasteiger partial charge in [-0.3, -0.25) is 4.79 Å². The van der Waals surface area contributed by atoms with Gasteiger partial charge in [-0.25, -0.2) is 4.98 Å². The number of aryl methyl sites for hydroxylation is 1. The summed E-state index contributed by atoms with van der Waals surface area (Å²) < 4.78 is 6.24. The minimum absolute atomic E-state index is 0.0487. The maximum Gasteiger partial charge on any atom is 0.230 e. The lowest BCUT2D eigenvalue weighted by Gasteiger charge is -2.21. The van der Waals surface area contributed by atoms with Gasteiger partial charge in [0, 0.05) is 11.1 Å². The number of thioether (sulfide) groups is 2. The standard InChI is InChI=1S/C23H24N2O2S3/c1-16-6-8-20(9-7-16)27-14-22-25-19(15-30-22)13-21(26)24-18-5-2-4-17(12-18)23-28-10-3-11-29-23/h2,4-9,12,15,23H,3,10-11,13-14H2,1H3,(H,24,26). The van der Waals surface area contributed by atoms with Crippen LogP contribution in [0.25, 0.3) is 0 Å². The fourth-order valence-electron chi connectivity index (χ4n) is 3.09. The maximum absolute atomic E-state index is 12.5. The van der Waals surface area contributed by atoms with Crippen molar-refractivity contribution in [2.75, 3.05) is 16.8 Å². The number of aromatic nitrogens is 1. The van der Waals surface area contributed by atoms with E-state index in [-0.39, 0.29) is 12.3 Å². The van der Waals surface area contributed by atoms with Crippen LogP contribution in [0.3, 0.4) is 0 Å². The van der Waals surface area contributed by atoms with E-state index in [4.69, 9.17) is 4.74 Å². The summed E-state index contributed by atoms with van der Waals surface area (Å²) in [5, 5.41) is 5.82. The van der Waals surface area contributed by atoms with Gasteiger partial charge in [0.05, 0.1) is 16.7 Å². The normalized spacial score (nSPS) is 14.4. The van der Waals surface area contributed by atoms with Gasteiger partial charge >= 0.3 is 0 Å². The van der Waals surface area contributed by atoms with Crippen LogP contribution in [-0.4, -0.2) is 22.4 Å². The highest BCUT2D eigenvalue weighted by Gasteiger charge is 2.17. The lowest BCUT2D eigenvalue weighted by atomic mass is 10.2. The Hall–Kier alpha value is -1.96. The van der Waals surface area contributed by atoms with Crippen molar-refractivity contribution in [2.24, 2.45) is 0 Å². The van der Waals surface area contributed by atoms with Gasteiger partial charge < -0.3 is 10.1 Å². The molecule has 4 rings (SSSR count). The van der Waals surface area contributed by atoms with Crippen molar-refractivity contribution in [3.63, 3.8) is 0 Å². The number of benzene rings is 2. The number of nitrogens with zero attached hydrogens (tertiary/aromatic N) is 1. The minimum atomic E-state index is -0.0487. The molecule has 4 nitrogen and oxygen atoms in total. The number of ether oxygens (including phenoxy) is 1. The summed E-state index contributed by atoms with van der Waals surface area (Å²) in [5.74, 6) is 3.18. The van der Waals surface area contributed by atoms with E-state index in [0.29, 0.717) is 11.2 Å². The summed E-state index contributed by atoms with van der Waals surface area (Å²) in [7, 11) is 0. The average Bonchev–Trinajstić information content (AvgIpc) is 3.21. The Morgan fingerprint density at radius 2 is 1.97 bits per heavy atom. The van der Waals surface area contributed by atoms with Gasteiger partial charge in [0.2, 0.25) is 5.91 Å². The molecule has 0 unspecified atom stereocenters. The number of carbonyl (C=O) groups is 1. The van der Waals surface area contributed by atoms with Crippen LogP contribution in [0.5, 0.6) is 5.75 Å². The maximum atomic E-state index is 12.5. The molecule has 156 valence electrons. The van der Waals surface area contributed by atoms with Crippen LogP contribution in [0.1, 0.15) is 32.8 Å². The molecule has 0 spiro atoms. The summed E-state index contributed by atoms with van der Waals surface area (Å²) in [4.78, 5) is 17.0. The van der Waals surface area contributed by atoms with E-state index in [1.165, 1.54) is 40.4 Å². The molecule has 0 aliphatic carbocycles. The second-order valence-corrected chi connectivity index (χ2v) is 10.8. The average molecular weight is 457 g/mol.